The summed E-state index contributed by atoms with van der Waals surface area (Å²) in [6.45, 7) is 0.794. The number of likely N-dealkylation sites (N-methyl/N-ethyl adjacent to an activating group) is 1. The molecule has 0 bridgehead atoms. The molecule has 154 valence electrons. The smallest absolute Gasteiger partial charge is 0.254 e. The topological polar surface area (TPSA) is 86.8 Å². The molecule has 1 fully saturated rings. The number of carbonyl (C=O) groups is 2. The molecule has 0 unspecified atom stereocenters. The quantitative estimate of drug-likeness (QED) is 0.755. The lowest BCUT2D eigenvalue weighted by Gasteiger charge is -2.19. The molecule has 2 aromatic carbocycles. The molecule has 1 saturated heterocycles. The SMILES string of the molecule is CN(CC(=O)Nc1cccc(Cl)c1)C(=O)c1cccc(S(=O)(=O)N2CCCC2)c1. The maximum Gasteiger partial charge on any atom is 0.254 e. The van der Waals surface area contributed by atoms with E-state index >= 15 is 0 Å². The highest BCUT2D eigenvalue weighted by molar-refractivity contribution is 7.89. The van der Waals surface area contributed by atoms with E-state index in [1.807, 2.05) is 0 Å². The van der Waals surface area contributed by atoms with Crippen LogP contribution >= 0.6 is 11.6 Å². The molecular formula is C20H22ClN3O4S. The molecule has 1 N–H and O–H groups in total. The standard InChI is InChI=1S/C20H22ClN3O4S/c1-23(14-19(25)22-17-8-5-7-16(21)13-17)20(26)15-6-4-9-18(12-15)29(27,28)24-10-2-3-11-24/h4-9,12-13H,2-3,10-11,14H2,1H3,(H,22,25). The molecule has 9 heteroatoms. The molecule has 0 atom stereocenters. The molecule has 1 heterocycles. The summed E-state index contributed by atoms with van der Waals surface area (Å²) >= 11 is 5.89. The Labute approximate surface area is 175 Å². The molecule has 0 saturated carbocycles. The third-order valence-electron chi connectivity index (χ3n) is 4.62. The average Bonchev–Trinajstić information content (AvgIpc) is 3.23. The van der Waals surface area contributed by atoms with Crippen LogP contribution in [0, 0.1) is 0 Å². The van der Waals surface area contributed by atoms with Crippen molar-refractivity contribution in [2.45, 2.75) is 17.7 Å². The maximum atomic E-state index is 12.7. The second-order valence-electron chi connectivity index (χ2n) is 6.86. The van der Waals surface area contributed by atoms with Crippen molar-refractivity contribution in [1.82, 2.24) is 9.21 Å². The van der Waals surface area contributed by atoms with Crippen LogP contribution in [0.1, 0.15) is 23.2 Å². The fraction of sp³-hybridized carbons (Fsp3) is 0.300. The van der Waals surface area contributed by atoms with Gasteiger partial charge >= 0.3 is 0 Å². The van der Waals surface area contributed by atoms with Crippen molar-refractivity contribution in [3.63, 3.8) is 0 Å². The van der Waals surface area contributed by atoms with E-state index in [0.717, 1.165) is 12.8 Å². The number of nitrogens with one attached hydrogen (secondary N) is 1. The van der Waals surface area contributed by atoms with Gasteiger partial charge in [0.2, 0.25) is 15.9 Å². The molecule has 2 amide bonds. The van der Waals surface area contributed by atoms with Gasteiger partial charge in [-0.15, -0.1) is 0 Å². The summed E-state index contributed by atoms with van der Waals surface area (Å²) < 4.78 is 26.9. The molecule has 0 spiro atoms. The van der Waals surface area contributed by atoms with Gasteiger partial charge < -0.3 is 10.2 Å². The van der Waals surface area contributed by atoms with Gasteiger partial charge in [0.25, 0.3) is 5.91 Å². The number of hydrogen-bond donors (Lipinski definition) is 1. The number of sulfonamides is 1. The van der Waals surface area contributed by atoms with Crippen LogP contribution in [0.5, 0.6) is 0 Å². The highest BCUT2D eigenvalue weighted by atomic mass is 35.5. The normalized spacial score (nSPS) is 14.6. The van der Waals surface area contributed by atoms with Gasteiger partial charge in [-0.25, -0.2) is 8.42 Å². The van der Waals surface area contributed by atoms with Crippen LogP contribution in [0.4, 0.5) is 5.69 Å². The first kappa shape index (κ1) is 21.3. The number of anilines is 1. The van der Waals surface area contributed by atoms with Crippen molar-refractivity contribution < 1.29 is 18.0 Å². The molecule has 0 aromatic heterocycles. The third kappa shape index (κ3) is 5.14. The van der Waals surface area contributed by atoms with E-state index in [9.17, 15) is 18.0 Å². The summed E-state index contributed by atoms with van der Waals surface area (Å²) in [7, 11) is -2.13. The van der Waals surface area contributed by atoms with E-state index in [1.165, 1.54) is 40.5 Å². The Morgan fingerprint density at radius 2 is 1.79 bits per heavy atom. The van der Waals surface area contributed by atoms with Crippen molar-refractivity contribution in [2.75, 3.05) is 32.0 Å². The van der Waals surface area contributed by atoms with Crippen LogP contribution in [0.25, 0.3) is 0 Å². The van der Waals surface area contributed by atoms with Gasteiger partial charge in [-0.2, -0.15) is 4.31 Å². The number of hydrogen-bond acceptors (Lipinski definition) is 4. The zero-order valence-corrected chi connectivity index (χ0v) is 17.5. The van der Waals surface area contributed by atoms with Gasteiger partial charge in [-0.3, -0.25) is 9.59 Å². The predicted octanol–water partition coefficient (Wildman–Crippen LogP) is 2.84. The zero-order valence-electron chi connectivity index (χ0n) is 16.0. The van der Waals surface area contributed by atoms with E-state index in [-0.39, 0.29) is 22.9 Å². The number of rotatable bonds is 6. The minimum atomic E-state index is -3.62. The van der Waals surface area contributed by atoms with Crippen LogP contribution in [0.2, 0.25) is 5.02 Å². The summed E-state index contributed by atoms with van der Waals surface area (Å²) in [5.74, 6) is -0.825. The molecule has 1 aliphatic heterocycles. The molecule has 1 aliphatic rings. The zero-order chi connectivity index (χ0) is 21.0. The van der Waals surface area contributed by atoms with Crippen molar-refractivity contribution in [3.05, 3.63) is 59.1 Å². The van der Waals surface area contributed by atoms with Crippen LogP contribution in [0.3, 0.4) is 0 Å². The number of nitrogens with zero attached hydrogens (tertiary/aromatic N) is 2. The van der Waals surface area contributed by atoms with Crippen molar-refractivity contribution >= 4 is 39.1 Å². The summed E-state index contributed by atoms with van der Waals surface area (Å²) in [5.41, 5.74) is 0.741. The van der Waals surface area contributed by atoms with Crippen molar-refractivity contribution in [1.29, 1.82) is 0 Å². The molecule has 0 aliphatic carbocycles. The van der Waals surface area contributed by atoms with Gasteiger partial charge in [-0.1, -0.05) is 23.7 Å². The van der Waals surface area contributed by atoms with E-state index in [2.05, 4.69) is 5.32 Å². The Balaban J connectivity index is 1.68. The first-order valence-corrected chi connectivity index (χ1v) is 11.0. The fourth-order valence-electron chi connectivity index (χ4n) is 3.14. The van der Waals surface area contributed by atoms with Gasteiger partial charge in [0.15, 0.2) is 0 Å². The first-order valence-electron chi connectivity index (χ1n) is 9.18. The lowest BCUT2D eigenvalue weighted by atomic mass is 10.2. The Bertz CT molecular complexity index is 1020. The summed E-state index contributed by atoms with van der Waals surface area (Å²) in [5, 5.41) is 3.16. The van der Waals surface area contributed by atoms with Crippen molar-refractivity contribution in [2.24, 2.45) is 0 Å². The van der Waals surface area contributed by atoms with Crippen LogP contribution in [-0.4, -0.2) is 56.1 Å². The van der Waals surface area contributed by atoms with Gasteiger partial charge in [0.1, 0.15) is 0 Å². The van der Waals surface area contributed by atoms with Gasteiger partial charge in [0, 0.05) is 36.4 Å². The fourth-order valence-corrected chi connectivity index (χ4v) is 4.90. The Morgan fingerprint density at radius 1 is 1.10 bits per heavy atom. The van der Waals surface area contributed by atoms with Gasteiger partial charge in [-0.05, 0) is 49.2 Å². The van der Waals surface area contributed by atoms with E-state index in [4.69, 9.17) is 11.6 Å². The highest BCUT2D eigenvalue weighted by Crippen LogP contribution is 2.22. The first-order chi connectivity index (χ1) is 13.8. The molecule has 0 radical (unpaired) electrons. The highest BCUT2D eigenvalue weighted by Gasteiger charge is 2.28. The monoisotopic (exact) mass is 435 g/mol. The van der Waals surface area contributed by atoms with Crippen molar-refractivity contribution in [3.8, 4) is 0 Å². The lowest BCUT2D eigenvalue weighted by molar-refractivity contribution is -0.116. The van der Waals surface area contributed by atoms with E-state index in [0.29, 0.717) is 23.8 Å². The Kier molecular flexibility index (Phi) is 6.56. The summed E-state index contributed by atoms with van der Waals surface area (Å²) in [6.07, 6.45) is 1.67. The second kappa shape index (κ2) is 8.94. The minimum absolute atomic E-state index is 0.0852. The largest absolute Gasteiger partial charge is 0.332 e. The van der Waals surface area contributed by atoms with E-state index < -0.39 is 15.9 Å². The second-order valence-corrected chi connectivity index (χ2v) is 9.23. The Hall–Kier alpha value is -2.42. The van der Waals surface area contributed by atoms with Crippen LogP contribution in [0.15, 0.2) is 53.4 Å². The average molecular weight is 436 g/mol. The maximum absolute atomic E-state index is 12.7. The summed E-state index contributed by atoms with van der Waals surface area (Å²) in [4.78, 5) is 26.2. The van der Waals surface area contributed by atoms with E-state index in [1.54, 1.807) is 24.3 Å². The van der Waals surface area contributed by atoms with Crippen LogP contribution < -0.4 is 5.32 Å². The number of benzene rings is 2. The summed E-state index contributed by atoms with van der Waals surface area (Å²) in [6, 6.07) is 12.6. The lowest BCUT2D eigenvalue weighted by Crippen LogP contribution is -2.35. The molecular weight excluding hydrogens is 414 g/mol. The number of carbonyl (C=O) groups excluding carboxylic acids is 2. The molecule has 7 nitrogen and oxygen atoms in total. The van der Waals surface area contributed by atoms with Gasteiger partial charge in [0.05, 0.1) is 11.4 Å². The predicted molar refractivity (Wildman–Crippen MR) is 111 cm³/mol. The Morgan fingerprint density at radius 3 is 2.48 bits per heavy atom. The molecule has 2 aromatic rings. The molecule has 29 heavy (non-hydrogen) atoms. The third-order valence-corrected chi connectivity index (χ3v) is 6.75. The number of amides is 2. The minimum Gasteiger partial charge on any atom is -0.332 e. The van der Waals surface area contributed by atoms with Crippen LogP contribution in [-0.2, 0) is 14.8 Å². The number of halogens is 1. The molecule has 3 rings (SSSR count).